The Bertz CT molecular complexity index is 530. The monoisotopic (exact) mass is 244 g/mol. The molecule has 1 amide bonds. The fraction of sp³-hybridized carbons (Fsp3) is 0.231. The minimum Gasteiger partial charge on any atom is -0.379 e. The van der Waals surface area contributed by atoms with Gasteiger partial charge in [-0.2, -0.15) is 5.10 Å². The first-order chi connectivity index (χ1) is 8.63. The largest absolute Gasteiger partial charge is 0.379 e. The second-order valence-corrected chi connectivity index (χ2v) is 4.09. The van der Waals surface area contributed by atoms with Crippen molar-refractivity contribution in [2.75, 3.05) is 10.6 Å². The van der Waals surface area contributed by atoms with Crippen LogP contribution >= 0.6 is 0 Å². The van der Waals surface area contributed by atoms with Gasteiger partial charge in [-0.1, -0.05) is 0 Å². The molecule has 1 aromatic heterocycles. The predicted molar refractivity (Wildman–Crippen MR) is 71.3 cm³/mol. The molecule has 0 unspecified atom stereocenters. The average Bonchev–Trinajstić information content (AvgIpc) is 2.74. The standard InChI is InChI=1S/C13H16N4O/c1-10(18)15-12-5-3-11(4-6-12)14-9-13-7-8-17(2)16-13/h3-8,14H,9H2,1-2H3,(H,15,18). The fourth-order valence-corrected chi connectivity index (χ4v) is 1.62. The molecule has 0 aliphatic carbocycles. The highest BCUT2D eigenvalue weighted by Gasteiger charge is 1.98. The van der Waals surface area contributed by atoms with Gasteiger partial charge in [0.1, 0.15) is 0 Å². The molecule has 0 saturated heterocycles. The van der Waals surface area contributed by atoms with Crippen LogP contribution in [0.5, 0.6) is 0 Å². The Morgan fingerprint density at radius 3 is 2.44 bits per heavy atom. The molecule has 1 aromatic carbocycles. The van der Waals surface area contributed by atoms with Gasteiger partial charge in [-0.05, 0) is 30.3 Å². The summed E-state index contributed by atoms with van der Waals surface area (Å²) in [6.07, 6.45) is 1.91. The van der Waals surface area contributed by atoms with Gasteiger partial charge in [-0.15, -0.1) is 0 Å². The molecule has 18 heavy (non-hydrogen) atoms. The van der Waals surface area contributed by atoms with Gasteiger partial charge in [0.25, 0.3) is 0 Å². The summed E-state index contributed by atoms with van der Waals surface area (Å²) in [4.78, 5) is 10.9. The van der Waals surface area contributed by atoms with Crippen LogP contribution in [0.4, 0.5) is 11.4 Å². The van der Waals surface area contributed by atoms with E-state index in [9.17, 15) is 4.79 Å². The molecule has 0 spiro atoms. The highest BCUT2D eigenvalue weighted by atomic mass is 16.1. The number of amides is 1. The first kappa shape index (κ1) is 12.2. The minimum atomic E-state index is -0.0656. The summed E-state index contributed by atoms with van der Waals surface area (Å²) in [6.45, 7) is 2.17. The number of aromatic nitrogens is 2. The lowest BCUT2D eigenvalue weighted by atomic mass is 10.2. The van der Waals surface area contributed by atoms with Gasteiger partial charge in [0.2, 0.25) is 5.91 Å². The Kier molecular flexibility index (Phi) is 3.62. The van der Waals surface area contributed by atoms with Crippen molar-refractivity contribution in [1.82, 2.24) is 9.78 Å². The number of benzene rings is 1. The first-order valence-corrected chi connectivity index (χ1v) is 5.73. The summed E-state index contributed by atoms with van der Waals surface area (Å²) in [6, 6.07) is 9.55. The summed E-state index contributed by atoms with van der Waals surface area (Å²) < 4.78 is 1.77. The molecule has 2 rings (SSSR count). The number of hydrogen-bond donors (Lipinski definition) is 2. The number of rotatable bonds is 4. The zero-order valence-electron chi connectivity index (χ0n) is 10.5. The molecule has 0 bridgehead atoms. The Morgan fingerprint density at radius 2 is 1.89 bits per heavy atom. The summed E-state index contributed by atoms with van der Waals surface area (Å²) in [5.74, 6) is -0.0656. The number of hydrogen-bond acceptors (Lipinski definition) is 3. The molecule has 0 saturated carbocycles. The molecule has 2 aromatic rings. The van der Waals surface area contributed by atoms with E-state index in [1.165, 1.54) is 6.92 Å². The highest BCUT2D eigenvalue weighted by molar-refractivity contribution is 5.88. The van der Waals surface area contributed by atoms with Crippen molar-refractivity contribution >= 4 is 17.3 Å². The van der Waals surface area contributed by atoms with Crippen LogP contribution in [-0.4, -0.2) is 15.7 Å². The van der Waals surface area contributed by atoms with E-state index in [4.69, 9.17) is 0 Å². The van der Waals surface area contributed by atoms with Gasteiger partial charge < -0.3 is 10.6 Å². The topological polar surface area (TPSA) is 59.0 Å². The van der Waals surface area contributed by atoms with Crippen LogP contribution in [0.1, 0.15) is 12.6 Å². The summed E-state index contributed by atoms with van der Waals surface area (Å²) in [7, 11) is 1.89. The minimum absolute atomic E-state index is 0.0656. The van der Waals surface area contributed by atoms with E-state index in [1.54, 1.807) is 4.68 Å². The Labute approximate surface area is 106 Å². The number of carbonyl (C=O) groups is 1. The molecule has 0 atom stereocenters. The lowest BCUT2D eigenvalue weighted by Gasteiger charge is -2.06. The normalized spacial score (nSPS) is 10.1. The summed E-state index contributed by atoms with van der Waals surface area (Å²) >= 11 is 0. The molecule has 0 aliphatic rings. The van der Waals surface area contributed by atoms with Crippen molar-refractivity contribution < 1.29 is 4.79 Å². The van der Waals surface area contributed by atoms with Gasteiger partial charge in [-0.25, -0.2) is 0 Å². The molecule has 0 radical (unpaired) electrons. The van der Waals surface area contributed by atoms with E-state index in [2.05, 4.69) is 15.7 Å². The Hall–Kier alpha value is -2.30. The number of nitrogens with zero attached hydrogens (tertiary/aromatic N) is 2. The van der Waals surface area contributed by atoms with Crippen molar-refractivity contribution in [2.45, 2.75) is 13.5 Å². The van der Waals surface area contributed by atoms with Crippen molar-refractivity contribution in [3.8, 4) is 0 Å². The smallest absolute Gasteiger partial charge is 0.221 e. The van der Waals surface area contributed by atoms with Gasteiger partial charge in [0.05, 0.1) is 12.2 Å². The summed E-state index contributed by atoms with van der Waals surface area (Å²) in [5, 5.41) is 10.3. The second-order valence-electron chi connectivity index (χ2n) is 4.09. The van der Waals surface area contributed by atoms with Crippen molar-refractivity contribution in [2.24, 2.45) is 7.05 Å². The number of nitrogens with one attached hydrogen (secondary N) is 2. The van der Waals surface area contributed by atoms with Crippen LogP contribution < -0.4 is 10.6 Å². The van der Waals surface area contributed by atoms with Crippen molar-refractivity contribution in [1.29, 1.82) is 0 Å². The van der Waals surface area contributed by atoms with Crippen LogP contribution in [-0.2, 0) is 18.4 Å². The maximum Gasteiger partial charge on any atom is 0.221 e. The Morgan fingerprint density at radius 1 is 1.22 bits per heavy atom. The molecule has 5 heteroatoms. The molecule has 2 N–H and O–H groups in total. The van der Waals surface area contributed by atoms with Crippen LogP contribution in [0, 0.1) is 0 Å². The van der Waals surface area contributed by atoms with E-state index < -0.39 is 0 Å². The maximum atomic E-state index is 10.9. The van der Waals surface area contributed by atoms with E-state index in [0.29, 0.717) is 6.54 Å². The van der Waals surface area contributed by atoms with E-state index in [0.717, 1.165) is 17.1 Å². The van der Waals surface area contributed by atoms with Crippen LogP contribution in [0.15, 0.2) is 36.5 Å². The fourth-order valence-electron chi connectivity index (χ4n) is 1.62. The molecule has 0 aliphatic heterocycles. The van der Waals surface area contributed by atoms with E-state index >= 15 is 0 Å². The number of anilines is 2. The van der Waals surface area contributed by atoms with Gasteiger partial charge in [0, 0.05) is 31.5 Å². The maximum absolute atomic E-state index is 10.9. The van der Waals surface area contributed by atoms with E-state index in [1.807, 2.05) is 43.6 Å². The zero-order valence-corrected chi connectivity index (χ0v) is 10.5. The van der Waals surface area contributed by atoms with Gasteiger partial charge in [-0.3, -0.25) is 9.48 Å². The van der Waals surface area contributed by atoms with Crippen LogP contribution in [0.3, 0.4) is 0 Å². The third-order valence-corrected chi connectivity index (χ3v) is 2.45. The molecule has 94 valence electrons. The van der Waals surface area contributed by atoms with Crippen LogP contribution in [0.25, 0.3) is 0 Å². The molecular weight excluding hydrogens is 228 g/mol. The number of aryl methyl sites for hydroxylation is 1. The highest BCUT2D eigenvalue weighted by Crippen LogP contribution is 2.14. The van der Waals surface area contributed by atoms with E-state index in [-0.39, 0.29) is 5.91 Å². The second kappa shape index (κ2) is 5.35. The van der Waals surface area contributed by atoms with Crippen molar-refractivity contribution in [3.63, 3.8) is 0 Å². The molecule has 5 nitrogen and oxygen atoms in total. The molecular formula is C13H16N4O. The van der Waals surface area contributed by atoms with Gasteiger partial charge in [0.15, 0.2) is 0 Å². The quantitative estimate of drug-likeness (QED) is 0.864. The molecule has 1 heterocycles. The Balaban J connectivity index is 1.92. The summed E-state index contributed by atoms with van der Waals surface area (Å²) in [5.41, 5.74) is 2.78. The predicted octanol–water partition coefficient (Wildman–Crippen LogP) is 1.99. The third kappa shape index (κ3) is 3.35. The number of carbonyl (C=O) groups excluding carboxylic acids is 1. The zero-order chi connectivity index (χ0) is 13.0. The van der Waals surface area contributed by atoms with Crippen molar-refractivity contribution in [3.05, 3.63) is 42.2 Å². The first-order valence-electron chi connectivity index (χ1n) is 5.73. The SMILES string of the molecule is CC(=O)Nc1ccc(NCc2ccn(C)n2)cc1. The van der Waals surface area contributed by atoms with Gasteiger partial charge >= 0.3 is 0 Å². The lowest BCUT2D eigenvalue weighted by Crippen LogP contribution is -2.06. The lowest BCUT2D eigenvalue weighted by molar-refractivity contribution is -0.114. The average molecular weight is 244 g/mol. The molecule has 0 fully saturated rings. The third-order valence-electron chi connectivity index (χ3n) is 2.45. The van der Waals surface area contributed by atoms with Crippen LogP contribution in [0.2, 0.25) is 0 Å².